The van der Waals surface area contributed by atoms with Crippen molar-refractivity contribution >= 4 is 18.0 Å². The normalized spacial score (nSPS) is 39.4. The highest BCUT2D eigenvalue weighted by molar-refractivity contribution is 5.89. The first-order chi connectivity index (χ1) is 24.3. The predicted molar refractivity (Wildman–Crippen MR) is 167 cm³/mol. The lowest BCUT2D eigenvalue weighted by molar-refractivity contribution is -0.342. The van der Waals surface area contributed by atoms with E-state index in [4.69, 9.17) is 37.9 Å². The number of hydrogen-bond acceptors (Lipinski definition) is 18. The van der Waals surface area contributed by atoms with Crippen molar-refractivity contribution in [1.29, 1.82) is 0 Å². The Kier molecular flexibility index (Phi) is 12.6. The third-order valence-electron chi connectivity index (χ3n) is 9.68. The van der Waals surface area contributed by atoms with Gasteiger partial charge in [-0.25, -0.2) is 9.59 Å². The number of hydrogen-bond donors (Lipinski definition) is 8. The fraction of sp³-hybridized carbons (Fsp3) is 0.636. The van der Waals surface area contributed by atoms with E-state index in [1.807, 2.05) is 0 Å². The van der Waals surface area contributed by atoms with Gasteiger partial charge >= 0.3 is 11.9 Å². The molecule has 0 radical (unpaired) electrons. The summed E-state index contributed by atoms with van der Waals surface area (Å²) < 4.78 is 44.3. The summed E-state index contributed by atoms with van der Waals surface area (Å²) in [5.74, 6) is -2.79. The molecule has 1 aromatic carbocycles. The van der Waals surface area contributed by atoms with Crippen molar-refractivity contribution in [3.8, 4) is 11.5 Å². The summed E-state index contributed by atoms with van der Waals surface area (Å²) >= 11 is 0. The Hall–Kier alpha value is -3.40. The summed E-state index contributed by atoms with van der Waals surface area (Å²) in [5.41, 5.74) is 0.658. The van der Waals surface area contributed by atoms with Crippen LogP contribution in [0.25, 0.3) is 6.08 Å². The van der Waals surface area contributed by atoms with E-state index in [2.05, 4.69) is 0 Å². The van der Waals surface area contributed by atoms with Crippen LogP contribution >= 0.6 is 0 Å². The number of methoxy groups -OCH3 is 2. The van der Waals surface area contributed by atoms with E-state index >= 15 is 0 Å². The minimum absolute atomic E-state index is 0.0983. The van der Waals surface area contributed by atoms with Crippen molar-refractivity contribution in [2.24, 2.45) is 17.8 Å². The average molecular weight is 729 g/mol. The number of ether oxygens (including phenoxy) is 8. The maximum absolute atomic E-state index is 13.0. The predicted octanol–water partition coefficient (Wildman–Crippen LogP) is -2.70. The highest BCUT2D eigenvalue weighted by Gasteiger charge is 2.54. The minimum Gasteiger partial charge on any atom is -0.493 e. The topological polar surface area (TPSA) is 270 Å². The second-order valence-electron chi connectivity index (χ2n) is 12.7. The molecule has 0 spiro atoms. The molecule has 0 amide bonds. The van der Waals surface area contributed by atoms with Crippen LogP contribution in [0.4, 0.5) is 0 Å². The molecule has 18 heteroatoms. The molecule has 1 saturated carbocycles. The molecule has 3 aliphatic heterocycles. The molecule has 5 rings (SSSR count). The third-order valence-corrected chi connectivity index (χ3v) is 9.68. The lowest BCUT2D eigenvalue weighted by Gasteiger charge is -2.43. The number of esters is 2. The zero-order valence-corrected chi connectivity index (χ0v) is 27.9. The summed E-state index contributed by atoms with van der Waals surface area (Å²) in [4.78, 5) is 25.7. The number of rotatable bonds is 11. The van der Waals surface area contributed by atoms with Gasteiger partial charge in [-0.2, -0.15) is 0 Å². The van der Waals surface area contributed by atoms with Gasteiger partial charge in [0, 0.05) is 23.8 Å². The molecule has 4 aliphatic rings. The van der Waals surface area contributed by atoms with Crippen molar-refractivity contribution in [2.75, 3.05) is 27.4 Å². The SMILES string of the molecule is COC(=O)C1=CO[C@@H](O[C@@H]2O[C@@H](CO)[C@@H](O)[C@H](O)[C@@H]2O)[C@@H]2[C@@H](C)[C@@H](OC(=O)C=Cc3ccc(O[C@@H]4O[C@H](CO)[C@@H](O)[C@H](O)[C@H]4O)c(OC)c3)C[C@H]12. The first kappa shape index (κ1) is 38.8. The second kappa shape index (κ2) is 16.5. The third kappa shape index (κ3) is 8.01. The van der Waals surface area contributed by atoms with Crippen LogP contribution in [0.2, 0.25) is 0 Å². The van der Waals surface area contributed by atoms with E-state index in [9.17, 15) is 50.4 Å². The Balaban J connectivity index is 1.26. The summed E-state index contributed by atoms with van der Waals surface area (Å²) in [5, 5.41) is 80.2. The largest absolute Gasteiger partial charge is 0.493 e. The maximum atomic E-state index is 13.0. The molecule has 15 atom stereocenters. The quantitative estimate of drug-likeness (QED) is 0.0851. The van der Waals surface area contributed by atoms with Crippen molar-refractivity contribution in [3.05, 3.63) is 41.7 Å². The highest BCUT2D eigenvalue weighted by Crippen LogP contribution is 2.49. The van der Waals surface area contributed by atoms with E-state index in [-0.39, 0.29) is 23.5 Å². The minimum atomic E-state index is -1.70. The van der Waals surface area contributed by atoms with Gasteiger partial charge in [0.2, 0.25) is 12.6 Å². The van der Waals surface area contributed by atoms with Gasteiger partial charge in [0.15, 0.2) is 17.8 Å². The van der Waals surface area contributed by atoms with Crippen LogP contribution in [-0.4, -0.2) is 154 Å². The zero-order chi connectivity index (χ0) is 37.1. The number of aliphatic hydroxyl groups excluding tert-OH is 8. The van der Waals surface area contributed by atoms with E-state index in [1.54, 1.807) is 13.0 Å². The van der Waals surface area contributed by atoms with Crippen LogP contribution in [-0.2, 0) is 38.0 Å². The molecule has 0 unspecified atom stereocenters. The maximum Gasteiger partial charge on any atom is 0.337 e. The fourth-order valence-electron chi connectivity index (χ4n) is 6.76. The van der Waals surface area contributed by atoms with Crippen molar-refractivity contribution < 1.29 is 88.3 Å². The Morgan fingerprint density at radius 3 is 2.08 bits per heavy atom. The molecular formula is C33H44O18. The molecule has 0 bridgehead atoms. The summed E-state index contributed by atoms with van der Waals surface area (Å²) in [6, 6.07) is 4.54. The molecule has 8 N–H and O–H groups in total. The van der Waals surface area contributed by atoms with E-state index in [0.717, 1.165) is 6.26 Å². The van der Waals surface area contributed by atoms with Gasteiger partial charge in [0.05, 0.1) is 39.3 Å². The number of carbonyl (C=O) groups is 2. The number of fused-ring (bicyclic) bond motifs is 1. The van der Waals surface area contributed by atoms with Crippen LogP contribution in [0.1, 0.15) is 18.9 Å². The molecule has 284 valence electrons. The van der Waals surface area contributed by atoms with E-state index in [1.165, 1.54) is 38.5 Å². The summed E-state index contributed by atoms with van der Waals surface area (Å²) in [7, 11) is 2.56. The van der Waals surface area contributed by atoms with Gasteiger partial charge in [-0.15, -0.1) is 0 Å². The molecule has 3 heterocycles. The molecule has 18 nitrogen and oxygen atoms in total. The zero-order valence-electron chi connectivity index (χ0n) is 27.9. The average Bonchev–Trinajstić information content (AvgIpc) is 3.46. The van der Waals surface area contributed by atoms with Gasteiger partial charge in [0.25, 0.3) is 0 Å². The van der Waals surface area contributed by atoms with E-state index in [0.29, 0.717) is 5.56 Å². The van der Waals surface area contributed by atoms with Crippen LogP contribution in [0.3, 0.4) is 0 Å². The molecule has 0 aromatic heterocycles. The van der Waals surface area contributed by atoms with Crippen LogP contribution in [0.15, 0.2) is 36.1 Å². The van der Waals surface area contributed by atoms with Crippen molar-refractivity contribution in [1.82, 2.24) is 0 Å². The van der Waals surface area contributed by atoms with Gasteiger partial charge < -0.3 is 78.7 Å². The standard InChI is InChI=1S/C33H44O18/c1-13-18(9-15-16(30(43)45-3)12-46-31(23(13)15)51-33-29(42)27(40)25(38)21(11-35)50-33)47-22(36)7-5-14-4-6-17(19(8-14)44-2)48-32-28(41)26(39)24(37)20(10-34)49-32/h4-8,12-13,15,18,20-21,23-29,31-35,37-42H,9-11H2,1-3H3/t13-,15+,18-,20+,21-,23+,24+,25+,26-,27-,28+,29-,31-,32+,33-/m0/s1. The number of carbonyl (C=O) groups excluding carboxylic acids is 2. The number of aliphatic hydroxyl groups is 8. The highest BCUT2D eigenvalue weighted by atomic mass is 16.8. The lowest BCUT2D eigenvalue weighted by atomic mass is 9.83. The van der Waals surface area contributed by atoms with Crippen molar-refractivity contribution in [2.45, 2.75) is 87.2 Å². The lowest BCUT2D eigenvalue weighted by Crippen LogP contribution is -2.60. The molecule has 1 aromatic rings. The fourth-order valence-corrected chi connectivity index (χ4v) is 6.76. The van der Waals surface area contributed by atoms with Gasteiger partial charge in [-0.05, 0) is 30.2 Å². The van der Waals surface area contributed by atoms with Crippen LogP contribution in [0.5, 0.6) is 11.5 Å². The first-order valence-corrected chi connectivity index (χ1v) is 16.3. The van der Waals surface area contributed by atoms with Crippen LogP contribution in [0, 0.1) is 17.8 Å². The van der Waals surface area contributed by atoms with Gasteiger partial charge in [-0.1, -0.05) is 13.0 Å². The number of benzene rings is 1. The smallest absolute Gasteiger partial charge is 0.337 e. The van der Waals surface area contributed by atoms with Gasteiger partial charge in [0.1, 0.15) is 54.9 Å². The first-order valence-electron chi connectivity index (χ1n) is 16.3. The molecule has 1 aliphatic carbocycles. The molecule has 3 fully saturated rings. The monoisotopic (exact) mass is 728 g/mol. The Morgan fingerprint density at radius 1 is 0.843 bits per heavy atom. The molecule has 2 saturated heterocycles. The molecule has 51 heavy (non-hydrogen) atoms. The van der Waals surface area contributed by atoms with Gasteiger partial charge in [-0.3, -0.25) is 0 Å². The Bertz CT molecular complexity index is 1430. The Labute approximate surface area is 291 Å². The van der Waals surface area contributed by atoms with Crippen molar-refractivity contribution in [3.63, 3.8) is 0 Å². The summed E-state index contributed by atoms with van der Waals surface area (Å²) in [6.45, 7) is 0.471. The van der Waals surface area contributed by atoms with Crippen LogP contribution < -0.4 is 9.47 Å². The summed E-state index contributed by atoms with van der Waals surface area (Å²) in [6.07, 6.45) is -13.1. The van der Waals surface area contributed by atoms with E-state index < -0.39 is 117 Å². The molecular weight excluding hydrogens is 684 g/mol. The Morgan fingerprint density at radius 2 is 1.47 bits per heavy atom. The second-order valence-corrected chi connectivity index (χ2v) is 12.7.